The van der Waals surface area contributed by atoms with Crippen LogP contribution in [0.2, 0.25) is 0 Å². The van der Waals surface area contributed by atoms with Crippen molar-refractivity contribution >= 4 is 19.7 Å². The van der Waals surface area contributed by atoms with Crippen LogP contribution in [0.5, 0.6) is 5.75 Å². The lowest BCUT2D eigenvalue weighted by Gasteiger charge is -2.20. The predicted molar refractivity (Wildman–Crippen MR) is 105 cm³/mol. The average Bonchev–Trinajstić information content (AvgIpc) is 2.98. The molecule has 2 aromatic carbocycles. The third-order valence-electron chi connectivity index (χ3n) is 4.75. The van der Waals surface area contributed by atoms with E-state index in [0.29, 0.717) is 13.0 Å². The van der Waals surface area contributed by atoms with Gasteiger partial charge in [-0.25, -0.2) is 16.8 Å². The van der Waals surface area contributed by atoms with E-state index in [2.05, 4.69) is 5.32 Å². The fraction of sp³-hybridized carbons (Fsp3) is 0.368. The van der Waals surface area contributed by atoms with Gasteiger partial charge in [-0.3, -0.25) is 0 Å². The zero-order chi connectivity index (χ0) is 19.5. The minimum Gasteiger partial charge on any atom is -0.497 e. The van der Waals surface area contributed by atoms with Crippen molar-refractivity contribution in [2.75, 3.05) is 25.2 Å². The molecule has 2 atom stereocenters. The van der Waals surface area contributed by atoms with Gasteiger partial charge in [-0.05, 0) is 42.8 Å². The van der Waals surface area contributed by atoms with Crippen LogP contribution in [0.25, 0.3) is 0 Å². The first-order chi connectivity index (χ1) is 12.8. The fourth-order valence-corrected chi connectivity index (χ4v) is 8.03. The lowest BCUT2D eigenvalue weighted by atomic mass is 10.1. The van der Waals surface area contributed by atoms with E-state index in [0.717, 1.165) is 11.3 Å². The first-order valence-corrected chi connectivity index (χ1v) is 12.0. The second-order valence-electron chi connectivity index (χ2n) is 6.63. The molecule has 0 aliphatic carbocycles. The molecule has 1 heterocycles. The largest absolute Gasteiger partial charge is 0.497 e. The van der Waals surface area contributed by atoms with Crippen molar-refractivity contribution in [3.63, 3.8) is 0 Å². The minimum atomic E-state index is -3.72. The summed E-state index contributed by atoms with van der Waals surface area (Å²) in [6.07, 6.45) is 0.665. The molecule has 0 saturated carbocycles. The number of benzene rings is 2. The summed E-state index contributed by atoms with van der Waals surface area (Å²) < 4.78 is 55.2. The van der Waals surface area contributed by atoms with Crippen LogP contribution in [0.15, 0.2) is 59.5 Å². The lowest BCUT2D eigenvalue weighted by molar-refractivity contribution is 0.414. The van der Waals surface area contributed by atoms with Crippen molar-refractivity contribution in [3.8, 4) is 5.75 Å². The number of ether oxygens (including phenoxy) is 1. The second-order valence-corrected chi connectivity index (χ2v) is 11.0. The van der Waals surface area contributed by atoms with Crippen LogP contribution < -0.4 is 10.1 Å². The van der Waals surface area contributed by atoms with E-state index < -0.39 is 31.0 Å². The molecule has 0 radical (unpaired) electrons. The summed E-state index contributed by atoms with van der Waals surface area (Å²) in [4.78, 5) is 0.161. The van der Waals surface area contributed by atoms with Crippen molar-refractivity contribution in [3.05, 3.63) is 60.2 Å². The summed E-state index contributed by atoms with van der Waals surface area (Å²) in [6.45, 7) is 0.493. The normalized spacial score (nSPS) is 21.8. The smallest absolute Gasteiger partial charge is 0.183 e. The van der Waals surface area contributed by atoms with E-state index in [4.69, 9.17) is 4.74 Å². The van der Waals surface area contributed by atoms with Gasteiger partial charge in [0.15, 0.2) is 19.7 Å². The SMILES string of the molecule is COc1ccc(CCN[C@@H]2CS(=O)(=O)C[C@H]2S(=O)(=O)c2ccccc2)cc1. The molecule has 146 valence electrons. The van der Waals surface area contributed by atoms with Crippen LogP contribution in [0.4, 0.5) is 0 Å². The molecule has 0 aromatic heterocycles. The summed E-state index contributed by atoms with van der Waals surface area (Å²) in [6, 6.07) is 15.0. The van der Waals surface area contributed by atoms with Crippen molar-refractivity contribution in [1.82, 2.24) is 5.32 Å². The van der Waals surface area contributed by atoms with Gasteiger partial charge in [-0.1, -0.05) is 30.3 Å². The second kappa shape index (κ2) is 8.00. The topological polar surface area (TPSA) is 89.5 Å². The summed E-state index contributed by atoms with van der Waals surface area (Å²) in [5.41, 5.74) is 1.06. The van der Waals surface area contributed by atoms with E-state index in [1.165, 1.54) is 12.1 Å². The first-order valence-electron chi connectivity index (χ1n) is 8.67. The Bertz CT molecular complexity index is 971. The molecule has 1 saturated heterocycles. The van der Waals surface area contributed by atoms with Crippen molar-refractivity contribution in [1.29, 1.82) is 0 Å². The quantitative estimate of drug-likeness (QED) is 0.745. The van der Waals surface area contributed by atoms with Crippen LogP contribution >= 0.6 is 0 Å². The first kappa shape index (κ1) is 19.9. The highest BCUT2D eigenvalue weighted by Gasteiger charge is 2.45. The van der Waals surface area contributed by atoms with E-state index in [-0.39, 0.29) is 16.4 Å². The Kier molecular flexibility index (Phi) is 5.88. The predicted octanol–water partition coefficient (Wildman–Crippen LogP) is 1.47. The lowest BCUT2D eigenvalue weighted by Crippen LogP contribution is -2.44. The Labute approximate surface area is 160 Å². The van der Waals surface area contributed by atoms with Gasteiger partial charge in [-0.2, -0.15) is 0 Å². The van der Waals surface area contributed by atoms with E-state index in [9.17, 15) is 16.8 Å². The molecule has 6 nitrogen and oxygen atoms in total. The molecule has 1 fully saturated rings. The fourth-order valence-electron chi connectivity index (χ4n) is 3.29. The highest BCUT2D eigenvalue weighted by atomic mass is 32.2. The van der Waals surface area contributed by atoms with Crippen molar-refractivity contribution < 1.29 is 21.6 Å². The van der Waals surface area contributed by atoms with Crippen molar-refractivity contribution in [2.24, 2.45) is 0 Å². The molecule has 1 aliphatic heterocycles. The highest BCUT2D eigenvalue weighted by molar-refractivity contribution is 7.96. The van der Waals surface area contributed by atoms with Gasteiger partial charge >= 0.3 is 0 Å². The number of hydrogen-bond acceptors (Lipinski definition) is 6. The molecule has 2 aromatic rings. The molecule has 3 rings (SSSR count). The maximum atomic E-state index is 12.9. The summed E-state index contributed by atoms with van der Waals surface area (Å²) in [5, 5.41) is 2.18. The molecule has 1 aliphatic rings. The standard InChI is InChI=1S/C19H23NO5S2/c1-25-16-9-7-15(8-10-16)11-12-20-18-13-26(21,22)14-19(18)27(23,24)17-5-3-2-4-6-17/h2-10,18-20H,11-14H2,1H3/t18-,19-/m1/s1. The Morgan fingerprint density at radius 1 is 1.04 bits per heavy atom. The van der Waals surface area contributed by atoms with Crippen LogP contribution in [0, 0.1) is 0 Å². The minimum absolute atomic E-state index is 0.160. The summed E-state index contributed by atoms with van der Waals surface area (Å²) in [5.74, 6) is 0.263. The molecular formula is C19H23NO5S2. The van der Waals surface area contributed by atoms with Gasteiger partial charge in [0.25, 0.3) is 0 Å². The number of sulfone groups is 2. The molecule has 0 bridgehead atoms. The third kappa shape index (κ3) is 4.69. The molecule has 1 N–H and O–H groups in total. The Balaban J connectivity index is 1.70. The van der Waals surface area contributed by atoms with Gasteiger partial charge in [-0.15, -0.1) is 0 Å². The zero-order valence-corrected chi connectivity index (χ0v) is 16.7. The monoisotopic (exact) mass is 409 g/mol. The van der Waals surface area contributed by atoms with Crippen LogP contribution in [0.1, 0.15) is 5.56 Å². The zero-order valence-electron chi connectivity index (χ0n) is 15.0. The van der Waals surface area contributed by atoms with E-state index in [1.807, 2.05) is 24.3 Å². The van der Waals surface area contributed by atoms with E-state index >= 15 is 0 Å². The maximum Gasteiger partial charge on any atom is 0.183 e. The van der Waals surface area contributed by atoms with Crippen LogP contribution in [-0.2, 0) is 26.1 Å². The number of hydrogen-bond donors (Lipinski definition) is 1. The van der Waals surface area contributed by atoms with Crippen LogP contribution in [0.3, 0.4) is 0 Å². The Morgan fingerprint density at radius 2 is 1.70 bits per heavy atom. The van der Waals surface area contributed by atoms with Gasteiger partial charge < -0.3 is 10.1 Å². The molecular weight excluding hydrogens is 386 g/mol. The van der Waals surface area contributed by atoms with E-state index in [1.54, 1.807) is 25.3 Å². The Hall–Kier alpha value is -1.90. The summed E-state index contributed by atoms with van der Waals surface area (Å²) >= 11 is 0. The Morgan fingerprint density at radius 3 is 2.33 bits per heavy atom. The molecule has 8 heteroatoms. The molecule has 0 amide bonds. The number of nitrogens with one attached hydrogen (secondary N) is 1. The maximum absolute atomic E-state index is 12.9. The molecule has 0 spiro atoms. The van der Waals surface area contributed by atoms with Gasteiger partial charge in [0.1, 0.15) is 5.75 Å². The van der Waals surface area contributed by atoms with Gasteiger partial charge in [0.05, 0.1) is 28.8 Å². The third-order valence-corrected chi connectivity index (χ3v) is 8.92. The number of methoxy groups -OCH3 is 1. The van der Waals surface area contributed by atoms with Crippen LogP contribution in [-0.4, -0.2) is 53.3 Å². The average molecular weight is 410 g/mol. The molecule has 27 heavy (non-hydrogen) atoms. The highest BCUT2D eigenvalue weighted by Crippen LogP contribution is 2.26. The van der Waals surface area contributed by atoms with Gasteiger partial charge in [0.2, 0.25) is 0 Å². The van der Waals surface area contributed by atoms with Crippen molar-refractivity contribution in [2.45, 2.75) is 22.6 Å². The molecule has 0 unspecified atom stereocenters. The van der Waals surface area contributed by atoms with Gasteiger partial charge in [0, 0.05) is 6.04 Å². The number of rotatable bonds is 7. The summed E-state index contributed by atoms with van der Waals surface area (Å²) in [7, 11) is -5.52.